The summed E-state index contributed by atoms with van der Waals surface area (Å²) in [4.78, 5) is 28.8. The third-order valence-electron chi connectivity index (χ3n) is 4.10. The quantitative estimate of drug-likeness (QED) is 0.677. The number of nitrogens with zero attached hydrogens (tertiary/aromatic N) is 2. The van der Waals surface area contributed by atoms with Crippen LogP contribution < -0.4 is 10.6 Å². The number of anilines is 1. The lowest BCUT2D eigenvalue weighted by Crippen LogP contribution is -2.27. The lowest BCUT2D eigenvalue weighted by Gasteiger charge is -2.08. The summed E-state index contributed by atoms with van der Waals surface area (Å²) in [5, 5.41) is 14.2. The van der Waals surface area contributed by atoms with E-state index in [4.69, 9.17) is 5.26 Å². The molecule has 0 saturated heterocycles. The molecule has 7 heteroatoms. The summed E-state index contributed by atoms with van der Waals surface area (Å²) < 4.78 is 12.9. The van der Waals surface area contributed by atoms with Crippen molar-refractivity contribution in [1.29, 1.82) is 5.26 Å². The first-order chi connectivity index (χ1) is 14.0. The van der Waals surface area contributed by atoms with Gasteiger partial charge in [-0.05, 0) is 60.5 Å². The summed E-state index contributed by atoms with van der Waals surface area (Å²) >= 11 is 0. The average molecular weight is 388 g/mol. The van der Waals surface area contributed by atoms with Gasteiger partial charge in [0.15, 0.2) is 0 Å². The van der Waals surface area contributed by atoms with Gasteiger partial charge in [-0.3, -0.25) is 9.59 Å². The van der Waals surface area contributed by atoms with Crippen LogP contribution in [-0.4, -0.2) is 23.3 Å². The highest BCUT2D eigenvalue weighted by Gasteiger charge is 2.12. The molecule has 0 unspecified atom stereocenters. The Balaban J connectivity index is 1.58. The molecule has 29 heavy (non-hydrogen) atoms. The fraction of sp³-hybridized carbons (Fsp3) is 0.0909. The van der Waals surface area contributed by atoms with E-state index in [0.29, 0.717) is 24.2 Å². The topological polar surface area (TPSA) is 94.9 Å². The van der Waals surface area contributed by atoms with Crippen molar-refractivity contribution < 1.29 is 14.0 Å². The van der Waals surface area contributed by atoms with E-state index in [1.807, 2.05) is 6.07 Å². The molecule has 0 spiro atoms. The van der Waals surface area contributed by atoms with Gasteiger partial charge < -0.3 is 10.6 Å². The number of benzene rings is 2. The van der Waals surface area contributed by atoms with Gasteiger partial charge in [0.2, 0.25) is 0 Å². The maximum Gasteiger partial charge on any atom is 0.274 e. The minimum absolute atomic E-state index is 0.0977. The molecule has 3 rings (SSSR count). The fourth-order valence-electron chi connectivity index (χ4n) is 2.57. The maximum atomic E-state index is 12.9. The SMILES string of the molecule is N#Cc1ccc(NC(=O)c2cccc(C(=O)NCCc3ccc(F)cc3)n2)cc1. The third kappa shape index (κ3) is 5.47. The molecule has 0 aliphatic rings. The van der Waals surface area contributed by atoms with Gasteiger partial charge in [0.05, 0.1) is 11.6 Å². The minimum Gasteiger partial charge on any atom is -0.350 e. The molecule has 0 fully saturated rings. The van der Waals surface area contributed by atoms with Crippen molar-refractivity contribution in [2.24, 2.45) is 0 Å². The van der Waals surface area contributed by atoms with E-state index in [1.165, 1.54) is 24.3 Å². The number of carbonyl (C=O) groups excluding carboxylic acids is 2. The zero-order chi connectivity index (χ0) is 20.6. The number of aromatic nitrogens is 1. The predicted octanol–water partition coefficient (Wildman–Crippen LogP) is 3.32. The second kappa shape index (κ2) is 9.24. The monoisotopic (exact) mass is 388 g/mol. The van der Waals surface area contributed by atoms with E-state index in [1.54, 1.807) is 42.5 Å². The van der Waals surface area contributed by atoms with E-state index < -0.39 is 11.8 Å². The fourth-order valence-corrected chi connectivity index (χ4v) is 2.57. The highest BCUT2D eigenvalue weighted by atomic mass is 19.1. The van der Waals surface area contributed by atoms with Gasteiger partial charge in [-0.15, -0.1) is 0 Å². The van der Waals surface area contributed by atoms with Crippen molar-refractivity contribution in [3.8, 4) is 6.07 Å². The second-order valence-electron chi connectivity index (χ2n) is 6.18. The summed E-state index contributed by atoms with van der Waals surface area (Å²) in [5.74, 6) is -1.17. The molecule has 0 aliphatic heterocycles. The van der Waals surface area contributed by atoms with E-state index in [2.05, 4.69) is 15.6 Å². The first-order valence-corrected chi connectivity index (χ1v) is 8.86. The Hall–Kier alpha value is -4.05. The van der Waals surface area contributed by atoms with Crippen LogP contribution in [0.1, 0.15) is 32.1 Å². The van der Waals surface area contributed by atoms with Crippen LogP contribution in [0.2, 0.25) is 0 Å². The number of hydrogen-bond acceptors (Lipinski definition) is 4. The molecule has 144 valence electrons. The Morgan fingerprint density at radius 1 is 0.931 bits per heavy atom. The second-order valence-corrected chi connectivity index (χ2v) is 6.18. The minimum atomic E-state index is -0.462. The summed E-state index contributed by atoms with van der Waals surface area (Å²) in [5.41, 5.74) is 2.12. The molecule has 6 nitrogen and oxygen atoms in total. The van der Waals surface area contributed by atoms with E-state index in [9.17, 15) is 14.0 Å². The summed E-state index contributed by atoms with van der Waals surface area (Å²) in [6.45, 7) is 0.355. The van der Waals surface area contributed by atoms with Crippen molar-refractivity contribution in [2.75, 3.05) is 11.9 Å². The largest absolute Gasteiger partial charge is 0.350 e. The number of amides is 2. The van der Waals surface area contributed by atoms with Gasteiger partial charge in [-0.25, -0.2) is 9.37 Å². The first-order valence-electron chi connectivity index (χ1n) is 8.86. The number of nitriles is 1. The molecule has 3 aromatic rings. The zero-order valence-corrected chi connectivity index (χ0v) is 15.4. The van der Waals surface area contributed by atoms with Gasteiger partial charge >= 0.3 is 0 Å². The Labute approximate surface area is 167 Å². The van der Waals surface area contributed by atoms with Crippen LogP contribution >= 0.6 is 0 Å². The van der Waals surface area contributed by atoms with Crippen LogP contribution in [0.4, 0.5) is 10.1 Å². The third-order valence-corrected chi connectivity index (χ3v) is 4.10. The maximum absolute atomic E-state index is 12.9. The zero-order valence-electron chi connectivity index (χ0n) is 15.4. The Morgan fingerprint density at radius 3 is 2.24 bits per heavy atom. The molecule has 2 N–H and O–H groups in total. The summed E-state index contributed by atoms with van der Waals surface area (Å²) in [7, 11) is 0. The van der Waals surface area contributed by atoms with Crippen molar-refractivity contribution in [3.05, 3.63) is 95.1 Å². The van der Waals surface area contributed by atoms with Crippen LogP contribution in [0.3, 0.4) is 0 Å². The molecule has 2 amide bonds. The highest BCUT2D eigenvalue weighted by Crippen LogP contribution is 2.11. The van der Waals surface area contributed by atoms with Crippen molar-refractivity contribution in [2.45, 2.75) is 6.42 Å². The van der Waals surface area contributed by atoms with E-state index in [-0.39, 0.29) is 17.2 Å². The lowest BCUT2D eigenvalue weighted by molar-refractivity contribution is 0.0949. The average Bonchev–Trinajstić information content (AvgIpc) is 2.75. The molecule has 0 bridgehead atoms. The van der Waals surface area contributed by atoms with Gasteiger partial charge in [0.1, 0.15) is 17.2 Å². The number of hydrogen-bond donors (Lipinski definition) is 2. The smallest absolute Gasteiger partial charge is 0.274 e. The van der Waals surface area contributed by atoms with Crippen LogP contribution in [0.15, 0.2) is 66.7 Å². The molecule has 0 saturated carbocycles. The Kier molecular flexibility index (Phi) is 6.28. The van der Waals surface area contributed by atoms with Crippen molar-refractivity contribution in [3.63, 3.8) is 0 Å². The number of pyridine rings is 1. The summed E-state index contributed by atoms with van der Waals surface area (Å²) in [6, 6.07) is 19.1. The molecule has 0 atom stereocenters. The van der Waals surface area contributed by atoms with Crippen LogP contribution in [0.25, 0.3) is 0 Å². The first kappa shape index (κ1) is 19.7. The van der Waals surface area contributed by atoms with Crippen molar-refractivity contribution >= 4 is 17.5 Å². The normalized spacial score (nSPS) is 10.1. The summed E-state index contributed by atoms with van der Waals surface area (Å²) in [6.07, 6.45) is 0.547. The number of rotatable bonds is 6. The van der Waals surface area contributed by atoms with E-state index in [0.717, 1.165) is 5.56 Å². The van der Waals surface area contributed by atoms with E-state index >= 15 is 0 Å². The Bertz CT molecular complexity index is 1060. The Morgan fingerprint density at radius 2 is 1.59 bits per heavy atom. The van der Waals surface area contributed by atoms with Gasteiger partial charge in [0, 0.05) is 12.2 Å². The molecular formula is C22H17FN4O2. The highest BCUT2D eigenvalue weighted by molar-refractivity contribution is 6.03. The van der Waals surface area contributed by atoms with Crippen LogP contribution in [0.5, 0.6) is 0 Å². The van der Waals surface area contributed by atoms with Gasteiger partial charge in [-0.1, -0.05) is 18.2 Å². The predicted molar refractivity (Wildman–Crippen MR) is 106 cm³/mol. The standard InChI is InChI=1S/C22H17FN4O2/c23-17-8-4-15(5-9-17)12-13-25-21(28)19-2-1-3-20(27-19)22(29)26-18-10-6-16(14-24)7-11-18/h1-11H,12-13H2,(H,25,28)(H,26,29). The van der Waals surface area contributed by atoms with Gasteiger partial charge in [0.25, 0.3) is 11.8 Å². The molecule has 0 radical (unpaired) electrons. The molecule has 2 aromatic carbocycles. The molecular weight excluding hydrogens is 371 g/mol. The van der Waals surface area contributed by atoms with Gasteiger partial charge in [-0.2, -0.15) is 5.26 Å². The van der Waals surface area contributed by atoms with Crippen molar-refractivity contribution in [1.82, 2.24) is 10.3 Å². The van der Waals surface area contributed by atoms with Crippen LogP contribution in [-0.2, 0) is 6.42 Å². The molecule has 1 aromatic heterocycles. The molecule has 1 heterocycles. The lowest BCUT2D eigenvalue weighted by atomic mass is 10.1. The molecule has 0 aliphatic carbocycles. The number of carbonyl (C=O) groups is 2. The van der Waals surface area contributed by atoms with Crippen LogP contribution in [0, 0.1) is 17.1 Å². The number of halogens is 1. The number of nitrogens with one attached hydrogen (secondary N) is 2.